The lowest BCUT2D eigenvalue weighted by atomic mass is 10.1. The number of nitrogens with one attached hydrogen (secondary N) is 2. The summed E-state index contributed by atoms with van der Waals surface area (Å²) >= 11 is 0. The highest BCUT2D eigenvalue weighted by Gasteiger charge is 2.11. The number of rotatable bonds is 6. The van der Waals surface area contributed by atoms with Crippen molar-refractivity contribution in [1.29, 1.82) is 0 Å². The zero-order valence-corrected chi connectivity index (χ0v) is 15.9. The number of para-hydroxylation sites is 1. The summed E-state index contributed by atoms with van der Waals surface area (Å²) in [7, 11) is 1.65. The maximum Gasteiger partial charge on any atom is 0.229 e. The highest BCUT2D eigenvalue weighted by molar-refractivity contribution is 5.90. The van der Waals surface area contributed by atoms with Crippen LogP contribution in [0.25, 0.3) is 10.9 Å². The minimum atomic E-state index is 0.119. The molecule has 5 heteroatoms. The topological polar surface area (TPSA) is 59.1 Å². The van der Waals surface area contributed by atoms with Crippen LogP contribution < -0.4 is 15.4 Å². The monoisotopic (exact) mass is 370 g/mol. The summed E-state index contributed by atoms with van der Waals surface area (Å²) in [6, 6.07) is 26.1. The fourth-order valence-electron chi connectivity index (χ4n) is 3.08. The lowest BCUT2D eigenvalue weighted by Crippen LogP contribution is -2.10. The van der Waals surface area contributed by atoms with Crippen LogP contribution in [0.5, 0.6) is 5.75 Å². The normalized spacial score (nSPS) is 11.8. The van der Waals surface area contributed by atoms with Gasteiger partial charge in [-0.15, -0.1) is 0 Å². The van der Waals surface area contributed by atoms with E-state index < -0.39 is 0 Å². The first-order chi connectivity index (χ1) is 13.7. The summed E-state index contributed by atoms with van der Waals surface area (Å²) in [5.74, 6) is 2.16. The first-order valence-corrected chi connectivity index (χ1v) is 9.22. The quantitative estimate of drug-likeness (QED) is 0.466. The largest absolute Gasteiger partial charge is 0.497 e. The number of nitrogens with zero attached hydrogens (tertiary/aromatic N) is 2. The molecule has 1 heterocycles. The second-order valence-electron chi connectivity index (χ2n) is 6.54. The Hall–Kier alpha value is -3.60. The first-order valence-electron chi connectivity index (χ1n) is 9.22. The lowest BCUT2D eigenvalue weighted by Gasteiger charge is -2.17. The van der Waals surface area contributed by atoms with Gasteiger partial charge in [-0.3, -0.25) is 0 Å². The molecule has 3 aromatic carbocycles. The molecule has 0 spiro atoms. The molecule has 1 aromatic heterocycles. The molecule has 4 rings (SSSR count). The zero-order chi connectivity index (χ0) is 19.3. The van der Waals surface area contributed by atoms with E-state index >= 15 is 0 Å². The van der Waals surface area contributed by atoms with Crippen LogP contribution in [0.15, 0.2) is 78.9 Å². The van der Waals surface area contributed by atoms with Crippen molar-refractivity contribution in [1.82, 2.24) is 9.97 Å². The summed E-state index contributed by atoms with van der Waals surface area (Å²) in [6.07, 6.45) is 0. The third kappa shape index (κ3) is 3.88. The minimum absolute atomic E-state index is 0.119. The predicted molar refractivity (Wildman–Crippen MR) is 114 cm³/mol. The summed E-state index contributed by atoms with van der Waals surface area (Å²) < 4.78 is 5.21. The van der Waals surface area contributed by atoms with E-state index in [9.17, 15) is 0 Å². The van der Waals surface area contributed by atoms with Crippen LogP contribution in [-0.4, -0.2) is 17.1 Å². The van der Waals surface area contributed by atoms with Crippen LogP contribution in [0.3, 0.4) is 0 Å². The van der Waals surface area contributed by atoms with Crippen molar-refractivity contribution in [2.24, 2.45) is 0 Å². The predicted octanol–water partition coefficient (Wildman–Crippen LogP) is 5.56. The van der Waals surface area contributed by atoms with Gasteiger partial charge in [0.25, 0.3) is 0 Å². The average Bonchev–Trinajstić information content (AvgIpc) is 2.75. The van der Waals surface area contributed by atoms with Gasteiger partial charge in [0.15, 0.2) is 0 Å². The molecule has 0 saturated carbocycles. The molecule has 0 bridgehead atoms. The molecule has 5 nitrogen and oxygen atoms in total. The van der Waals surface area contributed by atoms with E-state index in [1.54, 1.807) is 7.11 Å². The molecule has 2 N–H and O–H groups in total. The van der Waals surface area contributed by atoms with Crippen molar-refractivity contribution in [3.05, 3.63) is 84.4 Å². The van der Waals surface area contributed by atoms with Gasteiger partial charge in [0, 0.05) is 17.1 Å². The van der Waals surface area contributed by atoms with Gasteiger partial charge < -0.3 is 15.4 Å². The van der Waals surface area contributed by atoms with Crippen LogP contribution >= 0.6 is 0 Å². The number of hydrogen-bond donors (Lipinski definition) is 2. The average molecular weight is 370 g/mol. The fourth-order valence-corrected chi connectivity index (χ4v) is 3.08. The minimum Gasteiger partial charge on any atom is -0.497 e. The van der Waals surface area contributed by atoms with Crippen molar-refractivity contribution in [2.45, 2.75) is 13.0 Å². The van der Waals surface area contributed by atoms with E-state index in [0.29, 0.717) is 5.95 Å². The van der Waals surface area contributed by atoms with Gasteiger partial charge in [-0.2, -0.15) is 4.98 Å². The third-order valence-corrected chi connectivity index (χ3v) is 4.60. The Bertz CT molecular complexity index is 1060. The van der Waals surface area contributed by atoms with Crippen LogP contribution in [0.4, 0.5) is 17.5 Å². The third-order valence-electron chi connectivity index (χ3n) is 4.60. The zero-order valence-electron chi connectivity index (χ0n) is 15.9. The van der Waals surface area contributed by atoms with Gasteiger partial charge in [-0.05, 0) is 48.9 Å². The summed E-state index contributed by atoms with van der Waals surface area (Å²) in [6.45, 7) is 2.13. The molecule has 140 valence electrons. The molecule has 0 aliphatic carbocycles. The Kier molecular flexibility index (Phi) is 5.06. The standard InChI is InChI=1S/C23H22N4O/c1-16(17-8-4-3-5-9-17)24-22-20-10-6-7-11-21(20)26-23(27-22)25-18-12-14-19(28-2)15-13-18/h3-16H,1-2H3,(H2,24,25,26,27)/t16-/m0/s1. The van der Waals surface area contributed by atoms with E-state index in [1.165, 1.54) is 5.56 Å². The molecule has 0 fully saturated rings. The van der Waals surface area contributed by atoms with Crippen molar-refractivity contribution >= 4 is 28.4 Å². The number of anilines is 3. The number of hydrogen-bond acceptors (Lipinski definition) is 5. The Morgan fingerprint density at radius 1 is 0.821 bits per heavy atom. The molecular formula is C23H22N4O. The molecule has 0 aliphatic heterocycles. The maximum absolute atomic E-state index is 5.21. The molecule has 0 aliphatic rings. The van der Waals surface area contributed by atoms with Crippen molar-refractivity contribution in [3.8, 4) is 5.75 Å². The smallest absolute Gasteiger partial charge is 0.229 e. The first kappa shape index (κ1) is 17.8. The Morgan fingerprint density at radius 3 is 2.29 bits per heavy atom. The molecule has 28 heavy (non-hydrogen) atoms. The van der Waals surface area contributed by atoms with Crippen LogP contribution in [0, 0.1) is 0 Å². The maximum atomic E-state index is 5.21. The Morgan fingerprint density at radius 2 is 1.54 bits per heavy atom. The van der Waals surface area contributed by atoms with E-state index in [4.69, 9.17) is 9.72 Å². The number of fused-ring (bicyclic) bond motifs is 1. The lowest BCUT2D eigenvalue weighted by molar-refractivity contribution is 0.415. The highest BCUT2D eigenvalue weighted by atomic mass is 16.5. The van der Waals surface area contributed by atoms with Crippen molar-refractivity contribution in [2.75, 3.05) is 17.7 Å². The van der Waals surface area contributed by atoms with E-state index in [2.05, 4.69) is 34.7 Å². The van der Waals surface area contributed by atoms with Gasteiger partial charge in [0.05, 0.1) is 12.6 Å². The second kappa shape index (κ2) is 7.96. The summed E-state index contributed by atoms with van der Waals surface area (Å²) in [4.78, 5) is 9.40. The van der Waals surface area contributed by atoms with Gasteiger partial charge in [-0.25, -0.2) is 4.98 Å². The summed E-state index contributed by atoms with van der Waals surface area (Å²) in [5, 5.41) is 7.81. The molecule has 0 radical (unpaired) electrons. The number of aromatic nitrogens is 2. The molecule has 4 aromatic rings. The number of ether oxygens (including phenoxy) is 1. The van der Waals surface area contributed by atoms with Crippen LogP contribution in [-0.2, 0) is 0 Å². The van der Waals surface area contributed by atoms with Gasteiger partial charge in [-0.1, -0.05) is 42.5 Å². The number of methoxy groups -OCH3 is 1. The molecule has 0 unspecified atom stereocenters. The molecule has 0 saturated heterocycles. The number of benzene rings is 3. The highest BCUT2D eigenvalue weighted by Crippen LogP contribution is 2.27. The van der Waals surface area contributed by atoms with E-state index in [-0.39, 0.29) is 6.04 Å². The van der Waals surface area contributed by atoms with Gasteiger partial charge >= 0.3 is 0 Å². The van der Waals surface area contributed by atoms with E-state index in [0.717, 1.165) is 28.2 Å². The van der Waals surface area contributed by atoms with Gasteiger partial charge in [0.2, 0.25) is 5.95 Å². The molecular weight excluding hydrogens is 348 g/mol. The molecule has 0 amide bonds. The van der Waals surface area contributed by atoms with E-state index in [1.807, 2.05) is 66.7 Å². The Labute approximate surface area is 164 Å². The van der Waals surface area contributed by atoms with Crippen LogP contribution in [0.2, 0.25) is 0 Å². The van der Waals surface area contributed by atoms with Crippen molar-refractivity contribution < 1.29 is 4.74 Å². The second-order valence-corrected chi connectivity index (χ2v) is 6.54. The SMILES string of the molecule is COc1ccc(Nc2nc(N[C@@H](C)c3ccccc3)c3ccccc3n2)cc1. The Balaban J connectivity index is 1.66. The van der Waals surface area contributed by atoms with Gasteiger partial charge in [0.1, 0.15) is 11.6 Å². The summed E-state index contributed by atoms with van der Waals surface area (Å²) in [5.41, 5.74) is 2.99. The van der Waals surface area contributed by atoms with Crippen molar-refractivity contribution in [3.63, 3.8) is 0 Å². The van der Waals surface area contributed by atoms with Crippen LogP contribution in [0.1, 0.15) is 18.5 Å². The molecule has 1 atom stereocenters. The fraction of sp³-hybridized carbons (Fsp3) is 0.130.